The van der Waals surface area contributed by atoms with Crippen LogP contribution in [0.3, 0.4) is 0 Å². The molecule has 1 aliphatic rings. The van der Waals surface area contributed by atoms with Gasteiger partial charge in [0.1, 0.15) is 5.82 Å². The van der Waals surface area contributed by atoms with Crippen LogP contribution < -0.4 is 0 Å². The maximum atomic E-state index is 12.7. The molecule has 1 saturated heterocycles. The van der Waals surface area contributed by atoms with E-state index in [0.717, 1.165) is 0 Å². The molecule has 0 atom stereocenters. The van der Waals surface area contributed by atoms with Crippen molar-refractivity contribution in [1.82, 2.24) is 18.8 Å². The number of hydrogen-bond acceptors (Lipinski definition) is 4. The SMILES string of the molecule is C=CCCC(=O)N1CCCN(S(=O)(=O)c2cn(C)c(C)n2)CC1. The van der Waals surface area contributed by atoms with E-state index in [1.54, 1.807) is 29.5 Å². The van der Waals surface area contributed by atoms with Crippen molar-refractivity contribution in [1.29, 1.82) is 0 Å². The van der Waals surface area contributed by atoms with E-state index in [-0.39, 0.29) is 10.9 Å². The summed E-state index contributed by atoms with van der Waals surface area (Å²) >= 11 is 0. The Bertz CT molecular complexity index is 661. The number of rotatable bonds is 5. The van der Waals surface area contributed by atoms with Gasteiger partial charge in [0.15, 0.2) is 5.03 Å². The first-order valence-corrected chi connectivity index (χ1v) is 9.19. The summed E-state index contributed by atoms with van der Waals surface area (Å²) in [5.41, 5.74) is 0. The molecule has 0 bridgehead atoms. The minimum atomic E-state index is -3.61. The summed E-state index contributed by atoms with van der Waals surface area (Å²) in [5, 5.41) is 0.0731. The second-order valence-electron chi connectivity index (χ2n) is 5.70. The molecule has 128 valence electrons. The molecular formula is C15H24N4O3S. The number of carbonyl (C=O) groups is 1. The molecule has 0 aromatic carbocycles. The number of sulfonamides is 1. The second kappa shape index (κ2) is 7.27. The average molecular weight is 340 g/mol. The Morgan fingerprint density at radius 1 is 1.35 bits per heavy atom. The zero-order valence-corrected chi connectivity index (χ0v) is 14.5. The fourth-order valence-corrected chi connectivity index (χ4v) is 4.04. The van der Waals surface area contributed by atoms with Gasteiger partial charge >= 0.3 is 0 Å². The molecule has 7 nitrogen and oxygen atoms in total. The van der Waals surface area contributed by atoms with Crippen LogP contribution in [0.5, 0.6) is 0 Å². The standard InChI is InChI=1S/C15H24N4O3S/c1-4-5-7-15(20)18-8-6-9-19(11-10-18)23(21,22)14-12-17(3)13(2)16-14/h4,12H,1,5-11H2,2-3H3. The zero-order valence-electron chi connectivity index (χ0n) is 13.7. The third kappa shape index (κ3) is 4.00. The predicted molar refractivity (Wildman–Crippen MR) is 87.3 cm³/mol. The van der Waals surface area contributed by atoms with Crippen LogP contribution in [0.15, 0.2) is 23.9 Å². The summed E-state index contributed by atoms with van der Waals surface area (Å²) in [7, 11) is -1.84. The lowest BCUT2D eigenvalue weighted by molar-refractivity contribution is -0.130. The van der Waals surface area contributed by atoms with Crippen molar-refractivity contribution < 1.29 is 13.2 Å². The number of hydrogen-bond donors (Lipinski definition) is 0. The Kier molecular flexibility index (Phi) is 5.59. The lowest BCUT2D eigenvalue weighted by Gasteiger charge is -2.21. The zero-order chi connectivity index (χ0) is 17.0. The van der Waals surface area contributed by atoms with Crippen LogP contribution in [-0.2, 0) is 21.9 Å². The second-order valence-corrected chi connectivity index (χ2v) is 7.59. The first-order valence-electron chi connectivity index (χ1n) is 7.75. The summed E-state index contributed by atoms with van der Waals surface area (Å²) in [5.74, 6) is 0.706. The van der Waals surface area contributed by atoms with Crippen LogP contribution in [-0.4, -0.2) is 59.3 Å². The Balaban J connectivity index is 2.07. The number of carbonyl (C=O) groups excluding carboxylic acids is 1. The highest BCUT2D eigenvalue weighted by molar-refractivity contribution is 7.89. The van der Waals surface area contributed by atoms with Crippen molar-refractivity contribution in [3.05, 3.63) is 24.7 Å². The van der Waals surface area contributed by atoms with Gasteiger partial charge in [0.2, 0.25) is 5.91 Å². The Labute approximate surface area is 137 Å². The quantitative estimate of drug-likeness (QED) is 0.747. The molecule has 1 aromatic rings. The monoisotopic (exact) mass is 340 g/mol. The van der Waals surface area contributed by atoms with E-state index in [2.05, 4.69) is 11.6 Å². The Morgan fingerprint density at radius 3 is 2.70 bits per heavy atom. The summed E-state index contributed by atoms with van der Waals surface area (Å²) in [6.07, 6.45) is 4.95. The molecule has 1 fully saturated rings. The van der Waals surface area contributed by atoms with Crippen LogP contribution in [0.25, 0.3) is 0 Å². The van der Waals surface area contributed by atoms with Gasteiger partial charge in [-0.2, -0.15) is 4.31 Å². The van der Waals surface area contributed by atoms with E-state index in [1.807, 2.05) is 0 Å². The van der Waals surface area contributed by atoms with E-state index in [0.29, 0.717) is 51.3 Å². The van der Waals surface area contributed by atoms with E-state index in [4.69, 9.17) is 0 Å². The van der Waals surface area contributed by atoms with Crippen LogP contribution in [0.2, 0.25) is 0 Å². The van der Waals surface area contributed by atoms with Gasteiger partial charge in [0, 0.05) is 45.8 Å². The Hall–Kier alpha value is -1.67. The van der Waals surface area contributed by atoms with Crippen molar-refractivity contribution >= 4 is 15.9 Å². The van der Waals surface area contributed by atoms with Gasteiger partial charge < -0.3 is 9.47 Å². The molecule has 0 spiro atoms. The van der Waals surface area contributed by atoms with Crippen molar-refractivity contribution in [2.24, 2.45) is 7.05 Å². The molecular weight excluding hydrogens is 316 g/mol. The molecule has 2 rings (SSSR count). The molecule has 0 saturated carbocycles. The number of imidazole rings is 1. The van der Waals surface area contributed by atoms with E-state index in [9.17, 15) is 13.2 Å². The molecule has 2 heterocycles. The lowest BCUT2D eigenvalue weighted by Crippen LogP contribution is -2.37. The molecule has 8 heteroatoms. The molecule has 1 aliphatic heterocycles. The van der Waals surface area contributed by atoms with Crippen molar-refractivity contribution in [2.45, 2.75) is 31.2 Å². The highest BCUT2D eigenvalue weighted by Crippen LogP contribution is 2.17. The highest BCUT2D eigenvalue weighted by Gasteiger charge is 2.30. The number of aromatic nitrogens is 2. The van der Waals surface area contributed by atoms with Crippen LogP contribution >= 0.6 is 0 Å². The minimum Gasteiger partial charge on any atom is -0.341 e. The third-order valence-corrected chi connectivity index (χ3v) is 5.83. The first-order chi connectivity index (χ1) is 10.9. The maximum absolute atomic E-state index is 12.7. The molecule has 0 unspecified atom stereocenters. The van der Waals surface area contributed by atoms with Gasteiger partial charge in [-0.1, -0.05) is 6.08 Å². The number of amides is 1. The average Bonchev–Trinajstić information content (AvgIpc) is 2.74. The fraction of sp³-hybridized carbons (Fsp3) is 0.600. The summed E-state index contributed by atoms with van der Waals surface area (Å²) in [6, 6.07) is 0. The number of allylic oxidation sites excluding steroid dienone is 1. The minimum absolute atomic E-state index is 0.0535. The molecule has 1 aromatic heterocycles. The van der Waals surface area contributed by atoms with Gasteiger partial charge in [0.05, 0.1) is 0 Å². The van der Waals surface area contributed by atoms with Crippen molar-refractivity contribution in [3.8, 4) is 0 Å². The van der Waals surface area contributed by atoms with Crippen molar-refractivity contribution in [2.75, 3.05) is 26.2 Å². The summed E-state index contributed by atoms with van der Waals surface area (Å²) < 4.78 is 28.5. The smallest absolute Gasteiger partial charge is 0.262 e. The molecule has 0 radical (unpaired) electrons. The summed E-state index contributed by atoms with van der Waals surface area (Å²) in [6.45, 7) is 7.09. The van der Waals surface area contributed by atoms with Crippen molar-refractivity contribution in [3.63, 3.8) is 0 Å². The van der Waals surface area contributed by atoms with E-state index < -0.39 is 10.0 Å². The summed E-state index contributed by atoms with van der Waals surface area (Å²) in [4.78, 5) is 17.9. The maximum Gasteiger partial charge on any atom is 0.262 e. The largest absolute Gasteiger partial charge is 0.341 e. The van der Waals surface area contributed by atoms with Gasteiger partial charge in [-0.15, -0.1) is 6.58 Å². The van der Waals surface area contributed by atoms with Crippen LogP contribution in [0.4, 0.5) is 0 Å². The normalized spacial score (nSPS) is 17.0. The molecule has 0 aliphatic carbocycles. The van der Waals surface area contributed by atoms with E-state index >= 15 is 0 Å². The highest BCUT2D eigenvalue weighted by atomic mass is 32.2. The van der Waals surface area contributed by atoms with E-state index in [1.165, 1.54) is 10.5 Å². The molecule has 0 N–H and O–H groups in total. The lowest BCUT2D eigenvalue weighted by atomic mass is 10.2. The van der Waals surface area contributed by atoms with Gasteiger partial charge in [0.25, 0.3) is 10.0 Å². The predicted octanol–water partition coefficient (Wildman–Crippen LogP) is 0.918. The van der Waals surface area contributed by atoms with Gasteiger partial charge in [-0.3, -0.25) is 4.79 Å². The molecule has 23 heavy (non-hydrogen) atoms. The van der Waals surface area contributed by atoms with Gasteiger partial charge in [-0.05, 0) is 19.8 Å². The Morgan fingerprint density at radius 2 is 2.09 bits per heavy atom. The topological polar surface area (TPSA) is 75.5 Å². The first kappa shape index (κ1) is 17.7. The fourth-order valence-electron chi connectivity index (χ4n) is 2.55. The van der Waals surface area contributed by atoms with Gasteiger partial charge in [-0.25, -0.2) is 13.4 Å². The number of nitrogens with zero attached hydrogens (tertiary/aromatic N) is 4. The molecule has 1 amide bonds. The third-order valence-electron chi connectivity index (χ3n) is 4.06. The van der Waals surface area contributed by atoms with Crippen LogP contribution in [0, 0.1) is 6.92 Å². The van der Waals surface area contributed by atoms with Crippen LogP contribution in [0.1, 0.15) is 25.1 Å². The number of aryl methyl sites for hydroxylation is 2.